The van der Waals surface area contributed by atoms with Crippen molar-refractivity contribution in [3.05, 3.63) is 59.7 Å². The van der Waals surface area contributed by atoms with Crippen molar-refractivity contribution in [1.29, 1.82) is 0 Å². The molecule has 126 valence electrons. The molecule has 0 heterocycles. The number of aromatic hydroxyl groups is 1. The highest BCUT2D eigenvalue weighted by Gasteiger charge is 2.07. The Kier molecular flexibility index (Phi) is 7.70. The van der Waals surface area contributed by atoms with E-state index in [0.717, 1.165) is 12.6 Å². The van der Waals surface area contributed by atoms with Gasteiger partial charge in [0.1, 0.15) is 24.1 Å². The second kappa shape index (κ2) is 9.78. The third-order valence-electron chi connectivity index (χ3n) is 2.58. The summed E-state index contributed by atoms with van der Waals surface area (Å²) in [5.41, 5.74) is 1.10. The summed E-state index contributed by atoms with van der Waals surface area (Å²) in [6.07, 6.45) is 0.492. The zero-order valence-corrected chi connectivity index (χ0v) is 13.3. The van der Waals surface area contributed by atoms with Crippen molar-refractivity contribution >= 4 is 18.7 Å². The molecule has 0 bridgehead atoms. The van der Waals surface area contributed by atoms with Gasteiger partial charge in [0.2, 0.25) is 0 Å². The van der Waals surface area contributed by atoms with Crippen molar-refractivity contribution in [3.8, 4) is 11.5 Å². The minimum absolute atomic E-state index is 0.181. The maximum Gasteiger partial charge on any atom is 0.514 e. The Balaban J connectivity index is 0.000000272. The molecule has 0 fully saturated rings. The highest BCUT2D eigenvalue weighted by molar-refractivity contribution is 5.75. The van der Waals surface area contributed by atoms with Crippen LogP contribution in [0, 0.1) is 0 Å². The molecule has 2 rings (SSSR count). The van der Waals surface area contributed by atoms with Gasteiger partial charge in [-0.15, -0.1) is 0 Å². The normalized spacial score (nSPS) is 9.46. The Morgan fingerprint density at radius 2 is 1.38 bits per heavy atom. The number of benzene rings is 2. The van der Waals surface area contributed by atoms with Crippen LogP contribution in [-0.4, -0.2) is 29.9 Å². The fraction of sp³-hybridized carbons (Fsp3) is 0.167. The Hall–Kier alpha value is -3.15. The largest absolute Gasteiger partial charge is 0.514 e. The van der Waals surface area contributed by atoms with Crippen LogP contribution in [0.4, 0.5) is 4.79 Å². The maximum absolute atomic E-state index is 11.1. The number of hydrogen-bond donors (Lipinski definition) is 1. The predicted molar refractivity (Wildman–Crippen MR) is 87.6 cm³/mol. The topological polar surface area (TPSA) is 89.9 Å². The van der Waals surface area contributed by atoms with Gasteiger partial charge in [-0.25, -0.2) is 4.79 Å². The van der Waals surface area contributed by atoms with Gasteiger partial charge >= 0.3 is 6.16 Å². The first-order chi connectivity index (χ1) is 11.4. The number of aldehydes is 2. The first-order valence-electron chi connectivity index (χ1n) is 7.12. The average molecular weight is 330 g/mol. The molecule has 0 atom stereocenters. The lowest BCUT2D eigenvalue weighted by atomic mass is 10.2. The van der Waals surface area contributed by atoms with Gasteiger partial charge in [-0.05, 0) is 62.4 Å². The molecular formula is C18H18O6. The summed E-state index contributed by atoms with van der Waals surface area (Å²) in [5, 5.41) is 8.74. The van der Waals surface area contributed by atoms with Gasteiger partial charge in [0, 0.05) is 11.1 Å². The zero-order valence-electron chi connectivity index (χ0n) is 13.3. The van der Waals surface area contributed by atoms with E-state index in [1.807, 2.05) is 0 Å². The van der Waals surface area contributed by atoms with Crippen LogP contribution in [0.2, 0.25) is 0 Å². The molecule has 2 aromatic carbocycles. The Bertz CT molecular complexity index is 659. The van der Waals surface area contributed by atoms with E-state index in [1.165, 1.54) is 24.3 Å². The van der Waals surface area contributed by atoms with Gasteiger partial charge in [0.15, 0.2) is 0 Å². The second-order valence-corrected chi connectivity index (χ2v) is 4.91. The van der Waals surface area contributed by atoms with Crippen LogP contribution in [0.3, 0.4) is 0 Å². The number of phenolic OH excluding ortho intramolecular Hbond substituents is 1. The molecule has 0 unspecified atom stereocenters. The summed E-state index contributed by atoms with van der Waals surface area (Å²) in [4.78, 5) is 31.5. The van der Waals surface area contributed by atoms with E-state index in [1.54, 1.807) is 38.1 Å². The molecule has 0 aliphatic heterocycles. The fourth-order valence-electron chi connectivity index (χ4n) is 1.48. The van der Waals surface area contributed by atoms with E-state index in [4.69, 9.17) is 14.6 Å². The molecule has 0 aliphatic rings. The Morgan fingerprint density at radius 1 is 0.917 bits per heavy atom. The van der Waals surface area contributed by atoms with Crippen LogP contribution < -0.4 is 4.74 Å². The standard InChI is InChI=1S/C11H12O4.C7H6O2/c1-8(2)14-11(13)15-10-5-3-9(7-12)4-6-10;8-5-6-1-3-7(9)4-2-6/h3-8H,1-2H3;1-5,9H. The lowest BCUT2D eigenvalue weighted by Gasteiger charge is -2.07. The minimum Gasteiger partial charge on any atom is -0.508 e. The molecule has 0 amide bonds. The number of phenols is 1. The Labute approximate surface area is 139 Å². The van der Waals surface area contributed by atoms with Crippen LogP contribution in [-0.2, 0) is 4.74 Å². The lowest BCUT2D eigenvalue weighted by Crippen LogP contribution is -2.15. The summed E-state index contributed by atoms with van der Waals surface area (Å²) < 4.78 is 9.63. The molecule has 0 saturated carbocycles. The summed E-state index contributed by atoms with van der Waals surface area (Å²) in [5.74, 6) is 0.534. The number of rotatable bonds is 4. The third kappa shape index (κ3) is 7.22. The van der Waals surface area contributed by atoms with Crippen LogP contribution in [0.5, 0.6) is 11.5 Å². The monoisotopic (exact) mass is 330 g/mol. The van der Waals surface area contributed by atoms with Crippen molar-refractivity contribution < 1.29 is 29.0 Å². The molecule has 24 heavy (non-hydrogen) atoms. The van der Waals surface area contributed by atoms with Crippen molar-refractivity contribution in [2.45, 2.75) is 20.0 Å². The van der Waals surface area contributed by atoms with E-state index in [2.05, 4.69) is 0 Å². The number of hydrogen-bond acceptors (Lipinski definition) is 6. The molecule has 0 radical (unpaired) electrons. The molecule has 0 spiro atoms. The predicted octanol–water partition coefficient (Wildman–Crippen LogP) is 3.63. The molecule has 2 aromatic rings. The average Bonchev–Trinajstić information content (AvgIpc) is 2.56. The fourth-order valence-corrected chi connectivity index (χ4v) is 1.48. The van der Waals surface area contributed by atoms with Gasteiger partial charge in [-0.1, -0.05) is 0 Å². The number of carbonyl (C=O) groups is 3. The van der Waals surface area contributed by atoms with Crippen molar-refractivity contribution in [1.82, 2.24) is 0 Å². The molecule has 0 saturated heterocycles. The van der Waals surface area contributed by atoms with Crippen LogP contribution in [0.15, 0.2) is 48.5 Å². The van der Waals surface area contributed by atoms with E-state index < -0.39 is 6.16 Å². The quantitative estimate of drug-likeness (QED) is 0.523. The molecule has 6 heteroatoms. The molecular weight excluding hydrogens is 312 g/mol. The first-order valence-corrected chi connectivity index (χ1v) is 7.12. The van der Waals surface area contributed by atoms with Crippen LogP contribution >= 0.6 is 0 Å². The van der Waals surface area contributed by atoms with Gasteiger partial charge < -0.3 is 14.6 Å². The van der Waals surface area contributed by atoms with E-state index in [0.29, 0.717) is 16.9 Å². The number of carbonyl (C=O) groups excluding carboxylic acids is 3. The summed E-state index contributed by atoms with van der Waals surface area (Å²) in [6, 6.07) is 12.3. The maximum atomic E-state index is 11.1. The van der Waals surface area contributed by atoms with Gasteiger partial charge in [-0.2, -0.15) is 0 Å². The van der Waals surface area contributed by atoms with Crippen LogP contribution in [0.25, 0.3) is 0 Å². The van der Waals surface area contributed by atoms with E-state index in [9.17, 15) is 14.4 Å². The highest BCUT2D eigenvalue weighted by Crippen LogP contribution is 2.12. The third-order valence-corrected chi connectivity index (χ3v) is 2.58. The summed E-state index contributed by atoms with van der Waals surface area (Å²) in [6.45, 7) is 3.47. The van der Waals surface area contributed by atoms with Crippen molar-refractivity contribution in [2.24, 2.45) is 0 Å². The Morgan fingerprint density at radius 3 is 1.79 bits per heavy atom. The molecule has 0 aromatic heterocycles. The van der Waals surface area contributed by atoms with Gasteiger partial charge in [0.25, 0.3) is 0 Å². The van der Waals surface area contributed by atoms with Crippen LogP contribution in [0.1, 0.15) is 34.6 Å². The zero-order chi connectivity index (χ0) is 17.9. The van der Waals surface area contributed by atoms with E-state index in [-0.39, 0.29) is 11.9 Å². The first kappa shape index (κ1) is 18.9. The molecule has 1 N–H and O–H groups in total. The smallest absolute Gasteiger partial charge is 0.508 e. The minimum atomic E-state index is -0.746. The van der Waals surface area contributed by atoms with E-state index >= 15 is 0 Å². The number of ether oxygens (including phenoxy) is 2. The van der Waals surface area contributed by atoms with Gasteiger partial charge in [0.05, 0.1) is 6.10 Å². The molecule has 6 nitrogen and oxygen atoms in total. The van der Waals surface area contributed by atoms with Crippen molar-refractivity contribution in [2.75, 3.05) is 0 Å². The lowest BCUT2D eigenvalue weighted by molar-refractivity contribution is 0.0729. The molecule has 0 aliphatic carbocycles. The van der Waals surface area contributed by atoms with Gasteiger partial charge in [-0.3, -0.25) is 9.59 Å². The summed E-state index contributed by atoms with van der Waals surface area (Å²) in [7, 11) is 0. The highest BCUT2D eigenvalue weighted by atomic mass is 16.7. The summed E-state index contributed by atoms with van der Waals surface area (Å²) >= 11 is 0. The second-order valence-electron chi connectivity index (χ2n) is 4.91. The van der Waals surface area contributed by atoms with Crippen molar-refractivity contribution in [3.63, 3.8) is 0 Å². The SMILES string of the molecule is CC(C)OC(=O)Oc1ccc(C=O)cc1.O=Cc1ccc(O)cc1.